The van der Waals surface area contributed by atoms with Gasteiger partial charge >= 0.3 is 0 Å². The predicted molar refractivity (Wildman–Crippen MR) is 52.6 cm³/mol. The van der Waals surface area contributed by atoms with Crippen LogP contribution in [0.25, 0.3) is 10.9 Å². The fourth-order valence-electron chi connectivity index (χ4n) is 1.38. The molecule has 0 bridgehead atoms. The number of rotatable bonds is 1. The zero-order valence-electron chi connectivity index (χ0n) is 7.84. The van der Waals surface area contributed by atoms with Gasteiger partial charge in [-0.3, -0.25) is 10.1 Å². The Labute approximate surface area is 84.4 Å². The normalized spacial score (nSPS) is 10.5. The van der Waals surface area contributed by atoms with Gasteiger partial charge in [0.1, 0.15) is 6.33 Å². The van der Waals surface area contributed by atoms with Crippen molar-refractivity contribution in [1.82, 2.24) is 9.97 Å². The van der Waals surface area contributed by atoms with E-state index in [2.05, 4.69) is 9.97 Å². The van der Waals surface area contributed by atoms with Crippen molar-refractivity contribution < 1.29 is 10.0 Å². The summed E-state index contributed by atoms with van der Waals surface area (Å²) < 4.78 is 0. The molecule has 1 aromatic heterocycles. The van der Waals surface area contributed by atoms with Crippen LogP contribution in [0.1, 0.15) is 5.56 Å². The molecule has 1 N–H and O–H groups in total. The van der Waals surface area contributed by atoms with Crippen LogP contribution in [0, 0.1) is 17.0 Å². The van der Waals surface area contributed by atoms with Crippen LogP contribution in [0.5, 0.6) is 5.88 Å². The van der Waals surface area contributed by atoms with E-state index in [-0.39, 0.29) is 17.0 Å². The number of benzene rings is 1. The predicted octanol–water partition coefficient (Wildman–Crippen LogP) is 1.55. The Morgan fingerprint density at radius 3 is 2.80 bits per heavy atom. The Kier molecular flexibility index (Phi) is 1.96. The molecule has 0 unspecified atom stereocenters. The first kappa shape index (κ1) is 9.32. The maximum absolute atomic E-state index is 10.7. The zero-order chi connectivity index (χ0) is 11.0. The molecule has 0 saturated heterocycles. The molecule has 0 radical (unpaired) electrons. The van der Waals surface area contributed by atoms with Crippen LogP contribution in [-0.2, 0) is 0 Å². The number of nitro groups is 1. The minimum Gasteiger partial charge on any atom is -0.493 e. The van der Waals surface area contributed by atoms with E-state index in [9.17, 15) is 15.2 Å². The first-order valence-electron chi connectivity index (χ1n) is 4.18. The smallest absolute Gasteiger partial charge is 0.273 e. The summed E-state index contributed by atoms with van der Waals surface area (Å²) in [5.74, 6) is -0.247. The molecule has 0 saturated carbocycles. The largest absolute Gasteiger partial charge is 0.493 e. The van der Waals surface area contributed by atoms with Crippen molar-refractivity contribution in [2.45, 2.75) is 6.92 Å². The van der Waals surface area contributed by atoms with Crippen LogP contribution in [0.15, 0.2) is 18.5 Å². The Balaban J connectivity index is 2.83. The molecule has 0 aliphatic carbocycles. The molecule has 15 heavy (non-hydrogen) atoms. The van der Waals surface area contributed by atoms with Gasteiger partial charge in [-0.05, 0) is 13.0 Å². The Morgan fingerprint density at radius 1 is 1.40 bits per heavy atom. The van der Waals surface area contributed by atoms with Gasteiger partial charge in [-0.1, -0.05) is 0 Å². The second-order valence-corrected chi connectivity index (χ2v) is 3.11. The minimum absolute atomic E-state index is 0.0485. The van der Waals surface area contributed by atoms with Gasteiger partial charge in [-0.2, -0.15) is 0 Å². The molecule has 0 aliphatic heterocycles. The SMILES string of the molecule is Cc1cc2ncnc(O)c2cc1[N+](=O)[O-]. The van der Waals surface area contributed by atoms with Gasteiger partial charge in [0, 0.05) is 11.6 Å². The lowest BCUT2D eigenvalue weighted by molar-refractivity contribution is -0.385. The molecule has 1 heterocycles. The number of fused-ring (bicyclic) bond motifs is 1. The molecular formula is C9H7N3O3. The molecule has 0 fully saturated rings. The standard InChI is InChI=1S/C9H7N3O3/c1-5-2-7-6(3-8(5)12(14)15)9(13)11-4-10-7/h2-4H,1H3,(H,10,11,13). The third kappa shape index (κ3) is 1.45. The third-order valence-electron chi connectivity index (χ3n) is 2.13. The van der Waals surface area contributed by atoms with Gasteiger partial charge in [-0.15, -0.1) is 0 Å². The van der Waals surface area contributed by atoms with Crippen LogP contribution >= 0.6 is 0 Å². The van der Waals surface area contributed by atoms with Gasteiger partial charge in [0.15, 0.2) is 0 Å². The van der Waals surface area contributed by atoms with E-state index < -0.39 is 4.92 Å². The van der Waals surface area contributed by atoms with Crippen molar-refractivity contribution in [2.24, 2.45) is 0 Å². The fraction of sp³-hybridized carbons (Fsp3) is 0.111. The van der Waals surface area contributed by atoms with Crippen molar-refractivity contribution in [3.63, 3.8) is 0 Å². The summed E-state index contributed by atoms with van der Waals surface area (Å²) in [6, 6.07) is 2.83. The van der Waals surface area contributed by atoms with Crippen LogP contribution < -0.4 is 0 Å². The lowest BCUT2D eigenvalue weighted by atomic mass is 10.1. The van der Waals surface area contributed by atoms with Gasteiger partial charge in [-0.25, -0.2) is 9.97 Å². The lowest BCUT2D eigenvalue weighted by Gasteiger charge is -2.01. The molecule has 6 nitrogen and oxygen atoms in total. The van der Waals surface area contributed by atoms with Crippen molar-refractivity contribution in [2.75, 3.05) is 0 Å². The molecule has 76 valence electrons. The highest BCUT2D eigenvalue weighted by Gasteiger charge is 2.14. The first-order valence-corrected chi connectivity index (χ1v) is 4.18. The van der Waals surface area contributed by atoms with Crippen LogP contribution in [0.4, 0.5) is 5.69 Å². The molecule has 0 aliphatic rings. The number of aromatic hydroxyl groups is 1. The number of nitrogens with zero attached hydrogens (tertiary/aromatic N) is 3. The Morgan fingerprint density at radius 2 is 2.13 bits per heavy atom. The van der Waals surface area contributed by atoms with E-state index in [1.807, 2.05) is 0 Å². The summed E-state index contributed by atoms with van der Waals surface area (Å²) in [6.45, 7) is 1.62. The van der Waals surface area contributed by atoms with E-state index in [0.717, 1.165) is 0 Å². The molecule has 2 aromatic rings. The second kappa shape index (κ2) is 3.16. The van der Waals surface area contributed by atoms with E-state index in [4.69, 9.17) is 0 Å². The highest BCUT2D eigenvalue weighted by atomic mass is 16.6. The van der Waals surface area contributed by atoms with E-state index in [1.54, 1.807) is 13.0 Å². The summed E-state index contributed by atoms with van der Waals surface area (Å²) in [4.78, 5) is 17.6. The van der Waals surface area contributed by atoms with Gasteiger partial charge in [0.2, 0.25) is 5.88 Å². The number of nitro benzene ring substituents is 1. The quantitative estimate of drug-likeness (QED) is 0.563. The maximum atomic E-state index is 10.7. The molecule has 0 atom stereocenters. The van der Waals surface area contributed by atoms with Crippen LogP contribution in [0.3, 0.4) is 0 Å². The average molecular weight is 205 g/mol. The maximum Gasteiger partial charge on any atom is 0.273 e. The lowest BCUT2D eigenvalue weighted by Crippen LogP contribution is -1.93. The molecule has 6 heteroatoms. The average Bonchev–Trinajstić information content (AvgIpc) is 2.16. The van der Waals surface area contributed by atoms with Crippen LogP contribution in [0.2, 0.25) is 0 Å². The Hall–Kier alpha value is -2.24. The van der Waals surface area contributed by atoms with Gasteiger partial charge in [0.25, 0.3) is 5.69 Å². The van der Waals surface area contributed by atoms with E-state index in [1.165, 1.54) is 12.4 Å². The van der Waals surface area contributed by atoms with E-state index in [0.29, 0.717) is 11.1 Å². The summed E-state index contributed by atoms with van der Waals surface area (Å²) in [5, 5.41) is 20.3. The van der Waals surface area contributed by atoms with Crippen molar-refractivity contribution in [1.29, 1.82) is 0 Å². The molecule has 0 amide bonds. The topological polar surface area (TPSA) is 89.2 Å². The molecule has 1 aromatic carbocycles. The fourth-order valence-corrected chi connectivity index (χ4v) is 1.38. The summed E-state index contributed by atoms with van der Waals surface area (Å²) in [6.07, 6.45) is 1.21. The van der Waals surface area contributed by atoms with Gasteiger partial charge in [0.05, 0.1) is 15.8 Å². The minimum atomic E-state index is -0.499. The van der Waals surface area contributed by atoms with Crippen molar-refractivity contribution in [3.8, 4) is 5.88 Å². The second-order valence-electron chi connectivity index (χ2n) is 3.11. The number of hydrogen-bond acceptors (Lipinski definition) is 5. The van der Waals surface area contributed by atoms with Crippen molar-refractivity contribution in [3.05, 3.63) is 34.1 Å². The summed E-state index contributed by atoms with van der Waals surface area (Å²) in [7, 11) is 0. The van der Waals surface area contributed by atoms with E-state index >= 15 is 0 Å². The number of aryl methyl sites for hydroxylation is 1. The summed E-state index contributed by atoms with van der Waals surface area (Å²) >= 11 is 0. The number of hydrogen-bond donors (Lipinski definition) is 1. The van der Waals surface area contributed by atoms with Crippen molar-refractivity contribution >= 4 is 16.6 Å². The number of aromatic nitrogens is 2. The summed E-state index contributed by atoms with van der Waals surface area (Å²) in [5.41, 5.74) is 0.948. The Bertz CT molecular complexity index is 554. The van der Waals surface area contributed by atoms with Crippen LogP contribution in [-0.4, -0.2) is 20.0 Å². The molecule has 2 rings (SSSR count). The monoisotopic (exact) mass is 205 g/mol. The zero-order valence-corrected chi connectivity index (χ0v) is 7.84. The highest BCUT2D eigenvalue weighted by molar-refractivity contribution is 5.86. The molecular weight excluding hydrogens is 198 g/mol. The van der Waals surface area contributed by atoms with Gasteiger partial charge < -0.3 is 5.11 Å². The highest BCUT2D eigenvalue weighted by Crippen LogP contribution is 2.27. The molecule has 0 spiro atoms. The third-order valence-corrected chi connectivity index (χ3v) is 2.13. The first-order chi connectivity index (χ1) is 7.09.